The van der Waals surface area contributed by atoms with Crippen LogP contribution >= 0.6 is 22.6 Å². The first-order valence-corrected chi connectivity index (χ1v) is 4.85. The molecule has 2 nitrogen and oxygen atoms in total. The average molecular weight is 288 g/mol. The fourth-order valence-electron chi connectivity index (χ4n) is 0.887. The molecule has 1 aromatic rings. The maximum atomic E-state index is 10.5. The number of benzene rings is 1. The topological polar surface area (TPSA) is 37.3 Å². The quantitative estimate of drug-likeness (QED) is 0.671. The minimum absolute atomic E-state index is 0.351. The average Bonchev–Trinajstić information content (AvgIpc) is 2.08. The molecule has 68 valence electrons. The van der Waals surface area contributed by atoms with Crippen molar-refractivity contribution in [3.05, 3.63) is 39.0 Å². The minimum Gasteiger partial charge on any atom is -0.478 e. The van der Waals surface area contributed by atoms with Crippen LogP contribution in [0.2, 0.25) is 0 Å². The number of aliphatic carboxylic acids is 1. The van der Waals surface area contributed by atoms with Crippen LogP contribution in [0, 0.1) is 3.57 Å². The fraction of sp³-hybridized carbons (Fsp3) is 0.100. The summed E-state index contributed by atoms with van der Waals surface area (Å²) >= 11 is 2.18. The molecule has 1 aromatic carbocycles. The fourth-order valence-corrected chi connectivity index (χ4v) is 1.43. The Kier molecular flexibility index (Phi) is 3.48. The summed E-state index contributed by atoms with van der Waals surface area (Å²) < 4.78 is 1.06. The van der Waals surface area contributed by atoms with Crippen molar-refractivity contribution in [1.29, 1.82) is 0 Å². The molecule has 0 unspecified atom stereocenters. The molecule has 3 heteroatoms. The van der Waals surface area contributed by atoms with Crippen LogP contribution in [0.25, 0.3) is 6.08 Å². The Morgan fingerprint density at radius 3 is 2.62 bits per heavy atom. The van der Waals surface area contributed by atoms with Crippen molar-refractivity contribution in [2.75, 3.05) is 0 Å². The van der Waals surface area contributed by atoms with Gasteiger partial charge in [-0.25, -0.2) is 4.79 Å². The Bertz CT molecular complexity index is 356. The second kappa shape index (κ2) is 4.41. The summed E-state index contributed by atoms with van der Waals surface area (Å²) in [4.78, 5) is 10.5. The normalized spacial score (nSPS) is 11.4. The van der Waals surface area contributed by atoms with Gasteiger partial charge in [0.05, 0.1) is 0 Å². The number of carbonyl (C=O) groups is 1. The molecule has 0 saturated heterocycles. The van der Waals surface area contributed by atoms with E-state index in [1.165, 1.54) is 0 Å². The lowest BCUT2D eigenvalue weighted by molar-refractivity contribution is -0.132. The number of hydrogen-bond acceptors (Lipinski definition) is 1. The molecule has 1 rings (SSSR count). The predicted molar refractivity (Wildman–Crippen MR) is 60.4 cm³/mol. The van der Waals surface area contributed by atoms with Gasteiger partial charge in [-0.2, -0.15) is 0 Å². The third-order valence-electron chi connectivity index (χ3n) is 1.61. The number of carboxylic acid groups (broad SMARTS) is 1. The molecule has 0 saturated carbocycles. The van der Waals surface area contributed by atoms with Crippen molar-refractivity contribution in [1.82, 2.24) is 0 Å². The van der Waals surface area contributed by atoms with Gasteiger partial charge in [-0.1, -0.05) is 18.2 Å². The van der Waals surface area contributed by atoms with Gasteiger partial charge in [-0.15, -0.1) is 0 Å². The number of hydrogen-bond donors (Lipinski definition) is 1. The smallest absolute Gasteiger partial charge is 0.331 e. The van der Waals surface area contributed by atoms with Crippen LogP contribution in [-0.2, 0) is 4.79 Å². The van der Waals surface area contributed by atoms with Gasteiger partial charge in [0.2, 0.25) is 0 Å². The van der Waals surface area contributed by atoms with Crippen LogP contribution in [0.3, 0.4) is 0 Å². The molecule has 0 amide bonds. The van der Waals surface area contributed by atoms with Gasteiger partial charge in [-0.05, 0) is 47.2 Å². The Hall–Kier alpha value is -0.840. The van der Waals surface area contributed by atoms with Gasteiger partial charge >= 0.3 is 5.97 Å². The lowest BCUT2D eigenvalue weighted by atomic mass is 10.1. The Balaban J connectivity index is 3.04. The summed E-state index contributed by atoms with van der Waals surface area (Å²) in [5.74, 6) is -0.875. The zero-order valence-corrected chi connectivity index (χ0v) is 9.28. The molecule has 0 aliphatic carbocycles. The second-order valence-corrected chi connectivity index (χ2v) is 3.82. The van der Waals surface area contributed by atoms with Crippen LogP contribution < -0.4 is 0 Å². The van der Waals surface area contributed by atoms with E-state index in [2.05, 4.69) is 22.6 Å². The monoisotopic (exact) mass is 288 g/mol. The Morgan fingerprint density at radius 2 is 2.08 bits per heavy atom. The molecule has 0 atom stereocenters. The van der Waals surface area contributed by atoms with Gasteiger partial charge in [-0.3, -0.25) is 0 Å². The first-order chi connectivity index (χ1) is 6.11. The Morgan fingerprint density at radius 1 is 1.46 bits per heavy atom. The number of rotatable bonds is 2. The van der Waals surface area contributed by atoms with Crippen molar-refractivity contribution >= 4 is 34.6 Å². The van der Waals surface area contributed by atoms with E-state index in [4.69, 9.17) is 5.11 Å². The first-order valence-electron chi connectivity index (χ1n) is 3.77. The van der Waals surface area contributed by atoms with Gasteiger partial charge in [0.25, 0.3) is 0 Å². The molecule has 0 radical (unpaired) electrons. The zero-order chi connectivity index (χ0) is 9.84. The second-order valence-electron chi connectivity index (χ2n) is 2.65. The largest absolute Gasteiger partial charge is 0.478 e. The number of halogens is 1. The maximum absolute atomic E-state index is 10.5. The highest BCUT2D eigenvalue weighted by Crippen LogP contribution is 2.14. The van der Waals surface area contributed by atoms with Crippen LogP contribution in [0.1, 0.15) is 12.5 Å². The molecular formula is C10H9IO2. The highest BCUT2D eigenvalue weighted by atomic mass is 127. The highest BCUT2D eigenvalue weighted by Gasteiger charge is 2.01. The molecular weight excluding hydrogens is 279 g/mol. The van der Waals surface area contributed by atoms with E-state index in [1.807, 2.05) is 24.3 Å². The van der Waals surface area contributed by atoms with Gasteiger partial charge in [0.1, 0.15) is 0 Å². The third-order valence-corrected chi connectivity index (χ3v) is 2.60. The van der Waals surface area contributed by atoms with E-state index in [1.54, 1.807) is 13.0 Å². The maximum Gasteiger partial charge on any atom is 0.331 e. The van der Waals surface area contributed by atoms with E-state index >= 15 is 0 Å². The molecule has 1 N–H and O–H groups in total. The van der Waals surface area contributed by atoms with E-state index in [-0.39, 0.29) is 0 Å². The van der Waals surface area contributed by atoms with Gasteiger partial charge in [0, 0.05) is 9.14 Å². The van der Waals surface area contributed by atoms with Crippen molar-refractivity contribution in [2.24, 2.45) is 0 Å². The van der Waals surface area contributed by atoms with Crippen molar-refractivity contribution < 1.29 is 9.90 Å². The molecule has 0 aliphatic heterocycles. The number of carboxylic acids is 1. The predicted octanol–water partition coefficient (Wildman–Crippen LogP) is 2.78. The van der Waals surface area contributed by atoms with Gasteiger partial charge in [0.15, 0.2) is 0 Å². The summed E-state index contributed by atoms with van der Waals surface area (Å²) in [6, 6.07) is 7.66. The highest BCUT2D eigenvalue weighted by molar-refractivity contribution is 14.1. The van der Waals surface area contributed by atoms with Crippen LogP contribution in [0.15, 0.2) is 29.8 Å². The van der Waals surface area contributed by atoms with Crippen molar-refractivity contribution in [2.45, 2.75) is 6.92 Å². The third kappa shape index (κ3) is 2.84. The van der Waals surface area contributed by atoms with Crippen LogP contribution in [0.5, 0.6) is 0 Å². The molecule has 0 heterocycles. The summed E-state index contributed by atoms with van der Waals surface area (Å²) in [6.07, 6.45) is 1.67. The molecule has 0 spiro atoms. The lowest BCUT2D eigenvalue weighted by Crippen LogP contribution is -1.95. The summed E-state index contributed by atoms with van der Waals surface area (Å²) in [5, 5.41) is 8.66. The summed E-state index contributed by atoms with van der Waals surface area (Å²) in [6.45, 7) is 1.59. The van der Waals surface area contributed by atoms with E-state index in [9.17, 15) is 4.79 Å². The van der Waals surface area contributed by atoms with E-state index in [0.717, 1.165) is 9.13 Å². The lowest BCUT2D eigenvalue weighted by Gasteiger charge is -1.98. The molecule has 0 fully saturated rings. The van der Waals surface area contributed by atoms with Crippen LogP contribution in [0.4, 0.5) is 0 Å². The van der Waals surface area contributed by atoms with Crippen molar-refractivity contribution in [3.63, 3.8) is 0 Å². The molecule has 0 aliphatic rings. The molecule has 13 heavy (non-hydrogen) atoms. The van der Waals surface area contributed by atoms with Gasteiger partial charge < -0.3 is 5.11 Å². The standard InChI is InChI=1S/C10H9IO2/c1-7(10(12)13)6-8-4-2-3-5-9(8)11/h2-6H,1H3,(H,12,13)/b7-6+. The zero-order valence-electron chi connectivity index (χ0n) is 7.12. The van der Waals surface area contributed by atoms with E-state index in [0.29, 0.717) is 5.57 Å². The molecule has 0 bridgehead atoms. The van der Waals surface area contributed by atoms with Crippen LogP contribution in [-0.4, -0.2) is 11.1 Å². The minimum atomic E-state index is -0.875. The SMILES string of the molecule is C/C(=C\c1ccccc1I)C(=O)O. The summed E-state index contributed by atoms with van der Waals surface area (Å²) in [7, 11) is 0. The first kappa shape index (κ1) is 10.2. The van der Waals surface area contributed by atoms with E-state index < -0.39 is 5.97 Å². The molecule has 0 aromatic heterocycles. The summed E-state index contributed by atoms with van der Waals surface area (Å²) in [5.41, 5.74) is 1.30. The van der Waals surface area contributed by atoms with Crippen molar-refractivity contribution in [3.8, 4) is 0 Å². The Labute approximate surface area is 90.4 Å².